The van der Waals surface area contributed by atoms with Crippen molar-refractivity contribution in [1.82, 2.24) is 9.97 Å². The lowest BCUT2D eigenvalue weighted by molar-refractivity contribution is 1.15. The van der Waals surface area contributed by atoms with Gasteiger partial charge in [-0.3, -0.25) is 10.7 Å². The van der Waals surface area contributed by atoms with E-state index in [0.717, 1.165) is 27.4 Å². The largest absolute Gasteiger partial charge is 0.370 e. The van der Waals surface area contributed by atoms with Gasteiger partial charge in [-0.15, -0.1) is 0 Å². The summed E-state index contributed by atoms with van der Waals surface area (Å²) >= 11 is 0. The van der Waals surface area contributed by atoms with Crippen molar-refractivity contribution in [2.75, 3.05) is 5.32 Å². The minimum Gasteiger partial charge on any atom is -0.370 e. The molecular formula is C14H13N5. The molecule has 0 atom stereocenters. The molecule has 0 radical (unpaired) electrons. The third kappa shape index (κ3) is 1.95. The van der Waals surface area contributed by atoms with Gasteiger partial charge in [0, 0.05) is 5.39 Å². The molecule has 5 heteroatoms. The Balaban J connectivity index is 2.33. The molecule has 0 amide bonds. The number of hydrogen-bond acceptors (Lipinski definition) is 3. The first-order chi connectivity index (χ1) is 9.15. The standard InChI is InChI=1S/C14H13N5/c1-8-12-10-5-3-2-4-9(10)6-7-11(12)18-14(17-8)19-13(15)16/h2-7H,1H3,(H4,15,16,17,18,19). The Morgan fingerprint density at radius 1 is 1.16 bits per heavy atom. The zero-order valence-corrected chi connectivity index (χ0v) is 10.4. The number of rotatable bonds is 1. The predicted molar refractivity (Wildman–Crippen MR) is 77.3 cm³/mol. The third-order valence-corrected chi connectivity index (χ3v) is 3.02. The van der Waals surface area contributed by atoms with Gasteiger partial charge in [0.05, 0.1) is 11.2 Å². The molecule has 94 valence electrons. The fourth-order valence-corrected chi connectivity index (χ4v) is 2.26. The molecule has 1 aromatic heterocycles. The van der Waals surface area contributed by atoms with E-state index in [0.29, 0.717) is 5.95 Å². The number of aromatic nitrogens is 2. The van der Waals surface area contributed by atoms with Crippen LogP contribution in [-0.4, -0.2) is 15.9 Å². The number of nitrogens with one attached hydrogen (secondary N) is 2. The number of benzene rings is 2. The summed E-state index contributed by atoms with van der Waals surface area (Å²) in [5.41, 5.74) is 7.01. The van der Waals surface area contributed by atoms with E-state index < -0.39 is 0 Å². The number of fused-ring (bicyclic) bond motifs is 3. The van der Waals surface area contributed by atoms with Gasteiger partial charge in [0.2, 0.25) is 5.95 Å². The molecule has 0 bridgehead atoms. The molecule has 19 heavy (non-hydrogen) atoms. The Hall–Kier alpha value is -2.69. The van der Waals surface area contributed by atoms with Crippen LogP contribution in [0.4, 0.5) is 5.95 Å². The van der Waals surface area contributed by atoms with Crippen molar-refractivity contribution in [2.45, 2.75) is 6.92 Å². The van der Waals surface area contributed by atoms with Crippen molar-refractivity contribution in [3.63, 3.8) is 0 Å². The quantitative estimate of drug-likeness (QED) is 0.352. The summed E-state index contributed by atoms with van der Waals surface area (Å²) in [6.07, 6.45) is 0. The lowest BCUT2D eigenvalue weighted by Crippen LogP contribution is -2.22. The van der Waals surface area contributed by atoms with E-state index in [9.17, 15) is 0 Å². The molecule has 3 rings (SSSR count). The second-order valence-electron chi connectivity index (χ2n) is 4.35. The fourth-order valence-electron chi connectivity index (χ4n) is 2.26. The van der Waals surface area contributed by atoms with Crippen LogP contribution >= 0.6 is 0 Å². The van der Waals surface area contributed by atoms with Crippen LogP contribution in [-0.2, 0) is 0 Å². The van der Waals surface area contributed by atoms with Crippen LogP contribution in [0.3, 0.4) is 0 Å². The molecule has 0 aliphatic carbocycles. The topological polar surface area (TPSA) is 87.7 Å². The number of guanidine groups is 1. The normalized spacial score (nSPS) is 10.8. The summed E-state index contributed by atoms with van der Waals surface area (Å²) in [7, 11) is 0. The van der Waals surface area contributed by atoms with Crippen molar-refractivity contribution in [3.05, 3.63) is 42.1 Å². The first kappa shape index (κ1) is 11.4. The Bertz CT molecular complexity index is 794. The van der Waals surface area contributed by atoms with Crippen LogP contribution in [0.5, 0.6) is 0 Å². The molecule has 5 nitrogen and oxygen atoms in total. The maximum Gasteiger partial charge on any atom is 0.230 e. The van der Waals surface area contributed by atoms with Crippen LogP contribution in [0.1, 0.15) is 5.69 Å². The van der Waals surface area contributed by atoms with Gasteiger partial charge in [-0.2, -0.15) is 0 Å². The molecule has 0 fully saturated rings. The van der Waals surface area contributed by atoms with E-state index in [2.05, 4.69) is 27.4 Å². The Morgan fingerprint density at radius 3 is 2.74 bits per heavy atom. The zero-order valence-electron chi connectivity index (χ0n) is 10.4. The molecule has 0 saturated carbocycles. The average molecular weight is 251 g/mol. The van der Waals surface area contributed by atoms with Gasteiger partial charge in [-0.25, -0.2) is 9.97 Å². The summed E-state index contributed by atoms with van der Waals surface area (Å²) in [6, 6.07) is 12.1. The molecule has 0 aliphatic rings. The molecule has 0 aliphatic heterocycles. The summed E-state index contributed by atoms with van der Waals surface area (Å²) < 4.78 is 0. The number of anilines is 1. The van der Waals surface area contributed by atoms with Gasteiger partial charge in [0.1, 0.15) is 0 Å². The van der Waals surface area contributed by atoms with Gasteiger partial charge in [-0.05, 0) is 23.8 Å². The van der Waals surface area contributed by atoms with Crippen molar-refractivity contribution in [1.29, 1.82) is 5.41 Å². The van der Waals surface area contributed by atoms with Crippen LogP contribution < -0.4 is 11.1 Å². The maximum atomic E-state index is 7.23. The molecule has 3 aromatic rings. The highest BCUT2D eigenvalue weighted by molar-refractivity contribution is 6.07. The number of hydrogen-bond donors (Lipinski definition) is 3. The van der Waals surface area contributed by atoms with E-state index >= 15 is 0 Å². The summed E-state index contributed by atoms with van der Waals surface area (Å²) in [5.74, 6) is 0.187. The highest BCUT2D eigenvalue weighted by Gasteiger charge is 2.08. The van der Waals surface area contributed by atoms with Gasteiger partial charge >= 0.3 is 0 Å². The van der Waals surface area contributed by atoms with E-state index in [-0.39, 0.29) is 5.96 Å². The van der Waals surface area contributed by atoms with Crippen molar-refractivity contribution < 1.29 is 0 Å². The third-order valence-electron chi connectivity index (χ3n) is 3.02. The second kappa shape index (κ2) is 4.20. The smallest absolute Gasteiger partial charge is 0.230 e. The van der Waals surface area contributed by atoms with E-state index in [1.807, 2.05) is 31.2 Å². The molecule has 0 spiro atoms. The minimum absolute atomic E-state index is 0.167. The van der Waals surface area contributed by atoms with Crippen molar-refractivity contribution in [3.8, 4) is 0 Å². The Kier molecular flexibility index (Phi) is 2.52. The summed E-state index contributed by atoms with van der Waals surface area (Å²) in [5, 5.41) is 13.2. The fraction of sp³-hybridized carbons (Fsp3) is 0.0714. The van der Waals surface area contributed by atoms with Crippen LogP contribution in [0.25, 0.3) is 21.7 Å². The van der Waals surface area contributed by atoms with Crippen LogP contribution in [0.15, 0.2) is 36.4 Å². The Morgan fingerprint density at radius 2 is 1.95 bits per heavy atom. The van der Waals surface area contributed by atoms with Crippen LogP contribution in [0, 0.1) is 12.3 Å². The lowest BCUT2D eigenvalue weighted by Gasteiger charge is -2.08. The van der Waals surface area contributed by atoms with E-state index in [1.54, 1.807) is 0 Å². The molecular weight excluding hydrogens is 238 g/mol. The monoisotopic (exact) mass is 251 g/mol. The first-order valence-electron chi connectivity index (χ1n) is 5.92. The first-order valence-corrected chi connectivity index (χ1v) is 5.92. The zero-order chi connectivity index (χ0) is 13.4. The van der Waals surface area contributed by atoms with Crippen molar-refractivity contribution in [2.24, 2.45) is 5.73 Å². The van der Waals surface area contributed by atoms with E-state index in [1.165, 1.54) is 0 Å². The highest BCUT2D eigenvalue weighted by Crippen LogP contribution is 2.26. The van der Waals surface area contributed by atoms with Gasteiger partial charge in [0.15, 0.2) is 5.96 Å². The molecule has 0 saturated heterocycles. The SMILES string of the molecule is Cc1nc(NC(=N)N)nc2ccc3ccccc3c12. The predicted octanol–water partition coefficient (Wildman–Crippen LogP) is 2.40. The lowest BCUT2D eigenvalue weighted by atomic mass is 10.0. The Labute approximate surface area is 110 Å². The van der Waals surface area contributed by atoms with Gasteiger partial charge in [0.25, 0.3) is 0 Å². The number of nitrogens with zero attached hydrogens (tertiary/aromatic N) is 2. The highest BCUT2D eigenvalue weighted by atomic mass is 15.2. The second-order valence-corrected chi connectivity index (χ2v) is 4.35. The summed E-state index contributed by atoms with van der Waals surface area (Å²) in [6.45, 7) is 1.93. The van der Waals surface area contributed by atoms with Gasteiger partial charge in [-0.1, -0.05) is 30.3 Å². The molecule has 0 unspecified atom stereocenters. The van der Waals surface area contributed by atoms with Crippen LogP contribution in [0.2, 0.25) is 0 Å². The maximum absolute atomic E-state index is 7.23. The average Bonchev–Trinajstić information content (AvgIpc) is 2.37. The number of nitrogens with two attached hydrogens (primary N) is 1. The van der Waals surface area contributed by atoms with Crippen molar-refractivity contribution >= 4 is 33.6 Å². The molecule has 1 heterocycles. The molecule has 4 N–H and O–H groups in total. The molecule has 2 aromatic carbocycles. The van der Waals surface area contributed by atoms with Gasteiger partial charge < -0.3 is 5.73 Å². The van der Waals surface area contributed by atoms with E-state index in [4.69, 9.17) is 11.1 Å². The summed E-state index contributed by atoms with van der Waals surface area (Å²) in [4.78, 5) is 8.73. The minimum atomic E-state index is -0.167. The number of aryl methyl sites for hydroxylation is 1.